The molecule has 14 heteroatoms. The van der Waals surface area contributed by atoms with Crippen molar-refractivity contribution in [3.05, 3.63) is 0 Å². The molecule has 0 heterocycles. The maximum atomic E-state index is 8.63. The van der Waals surface area contributed by atoms with Gasteiger partial charge in [-0.15, -0.1) is 0 Å². The van der Waals surface area contributed by atoms with Crippen molar-refractivity contribution in [3.8, 4) is 0 Å². The molecule has 0 aliphatic heterocycles. The molecule has 0 amide bonds. The van der Waals surface area contributed by atoms with Crippen LogP contribution in [0.5, 0.6) is 0 Å². The summed E-state index contributed by atoms with van der Waals surface area (Å²) in [6.07, 6.45) is 0. The summed E-state index contributed by atoms with van der Waals surface area (Å²) in [5, 5.41) is 0. The van der Waals surface area contributed by atoms with E-state index in [4.69, 9.17) is 38.4 Å². The summed E-state index contributed by atoms with van der Waals surface area (Å²) >= 11 is 0.750. The van der Waals surface area contributed by atoms with Crippen molar-refractivity contribution in [1.29, 1.82) is 0 Å². The van der Waals surface area contributed by atoms with Crippen molar-refractivity contribution < 1.29 is 58.8 Å². The Bertz CT molecular complexity index is 230. The molecule has 11 nitrogen and oxygen atoms in total. The van der Waals surface area contributed by atoms with Gasteiger partial charge in [0.25, 0.3) is 0 Å². The van der Waals surface area contributed by atoms with Gasteiger partial charge in [0.15, 0.2) is 0 Å². The van der Waals surface area contributed by atoms with Crippen molar-refractivity contribution in [2.24, 2.45) is 0 Å². The first-order valence-electron chi connectivity index (χ1n) is 1.57. The monoisotopic (exact) mass is 294 g/mol. The van der Waals surface area contributed by atoms with E-state index in [2.05, 4.69) is 0 Å². The van der Waals surface area contributed by atoms with Crippen LogP contribution in [0.3, 0.4) is 0 Å². The third-order valence-corrected chi connectivity index (χ3v) is 0. The van der Waals surface area contributed by atoms with E-state index in [1.54, 1.807) is 0 Å². The predicted octanol–water partition coefficient (Wildman–Crippen LogP) is -1.36. The number of quaternary nitrogens is 2. The van der Waals surface area contributed by atoms with Crippen LogP contribution in [0, 0.1) is 0 Å². The standard InChI is InChI=1S/2H3N.2H2O4S.O.Ti/c;;2*1-5(2,3)4;;/h2*1H3;2*(H2,1,2,3,4);;. The van der Waals surface area contributed by atoms with Crippen LogP contribution in [-0.2, 0) is 44.5 Å². The molecule has 0 aromatic rings. The first-order valence-corrected chi connectivity index (χ1v) is 4.94. The third-order valence-electron chi connectivity index (χ3n) is 0. The van der Waals surface area contributed by atoms with Gasteiger partial charge in [-0.05, 0) is 0 Å². The second-order valence-corrected chi connectivity index (χ2v) is 2.57. The van der Waals surface area contributed by atoms with Gasteiger partial charge < -0.3 is 21.4 Å². The molecule has 0 aromatic carbocycles. The second kappa shape index (κ2) is 13.2. The molecule has 0 atom stereocenters. The van der Waals surface area contributed by atoms with Gasteiger partial charge in [-0.25, -0.2) is 16.8 Å². The molecule has 0 fully saturated rings. The van der Waals surface area contributed by atoms with E-state index in [-0.39, 0.29) is 12.3 Å². The second-order valence-electron chi connectivity index (χ2n) is 0.855. The van der Waals surface area contributed by atoms with Crippen molar-refractivity contribution in [2.45, 2.75) is 0 Å². The van der Waals surface area contributed by atoms with Crippen LogP contribution in [-0.4, -0.2) is 35.0 Å². The molecule has 0 unspecified atom stereocenters. The molecule has 0 bridgehead atoms. The van der Waals surface area contributed by atoms with E-state index >= 15 is 0 Å². The van der Waals surface area contributed by atoms with Gasteiger partial charge >= 0.3 is 23.7 Å². The van der Waals surface area contributed by atoms with Gasteiger partial charge in [0.1, 0.15) is 0 Å². The topological polar surface area (TPSA) is 245 Å². The SMILES string of the molecule is O=S(=O)([O-])O.O=S(=O)([O-])O.[NH4+].[NH4+].[O]=[Ti]. The minimum absolute atomic E-state index is 0. The summed E-state index contributed by atoms with van der Waals surface area (Å²) in [5.41, 5.74) is 0. The molecule has 0 aliphatic carbocycles. The molecule has 0 aromatic heterocycles. The Hall–Kier alpha value is 0.174. The van der Waals surface area contributed by atoms with Gasteiger partial charge in [-0.3, -0.25) is 9.11 Å². The zero-order valence-electron chi connectivity index (χ0n) is 7.07. The van der Waals surface area contributed by atoms with Gasteiger partial charge in [-0.2, -0.15) is 0 Å². The third kappa shape index (κ3) is 50000. The molecule has 0 rings (SSSR count). The molecule has 90 valence electrons. The maximum absolute atomic E-state index is 8.63. The van der Waals surface area contributed by atoms with Gasteiger partial charge in [-0.1, -0.05) is 0 Å². The fourth-order valence-corrected chi connectivity index (χ4v) is 0. The zero-order valence-corrected chi connectivity index (χ0v) is 10.3. The number of rotatable bonds is 0. The van der Waals surface area contributed by atoms with Crippen LogP contribution in [0.2, 0.25) is 0 Å². The zero-order chi connectivity index (χ0) is 11.0. The Labute approximate surface area is 91.9 Å². The van der Waals surface area contributed by atoms with E-state index in [0.717, 1.165) is 20.4 Å². The quantitative estimate of drug-likeness (QED) is 0.233. The van der Waals surface area contributed by atoms with Crippen molar-refractivity contribution in [1.82, 2.24) is 12.3 Å². The van der Waals surface area contributed by atoms with Gasteiger partial charge in [0.05, 0.1) is 0 Å². The van der Waals surface area contributed by atoms with E-state index in [1.165, 1.54) is 0 Å². The summed E-state index contributed by atoms with van der Waals surface area (Å²) in [7, 11) is -9.83. The normalized spacial score (nSPS) is 8.50. The number of hydrogen-bond donors (Lipinski definition) is 4. The fraction of sp³-hybridized carbons (Fsp3) is 0. The predicted molar refractivity (Wildman–Crippen MR) is 37.3 cm³/mol. The summed E-state index contributed by atoms with van der Waals surface area (Å²) in [5.74, 6) is 0. The Kier molecular flexibility index (Phi) is 27.5. The summed E-state index contributed by atoms with van der Waals surface area (Å²) in [6, 6.07) is 0. The minimum atomic E-state index is -4.92. The van der Waals surface area contributed by atoms with Crippen molar-refractivity contribution in [2.75, 3.05) is 0 Å². The van der Waals surface area contributed by atoms with Crippen LogP contribution < -0.4 is 12.3 Å². The molecule has 0 spiro atoms. The van der Waals surface area contributed by atoms with E-state index in [0.29, 0.717) is 0 Å². The van der Waals surface area contributed by atoms with Crippen LogP contribution in [0.15, 0.2) is 0 Å². The Morgan fingerprint density at radius 2 is 0.786 bits per heavy atom. The van der Waals surface area contributed by atoms with Crippen LogP contribution in [0.1, 0.15) is 0 Å². The molecule has 10 N–H and O–H groups in total. The van der Waals surface area contributed by atoms with Crippen LogP contribution >= 0.6 is 0 Å². The van der Waals surface area contributed by atoms with Crippen LogP contribution in [0.4, 0.5) is 0 Å². The molecular formula is H10N2O9S2Ti. The van der Waals surface area contributed by atoms with E-state index in [9.17, 15) is 0 Å². The number of hydrogen-bond acceptors (Lipinski definition) is 7. The molecule has 0 saturated carbocycles. The van der Waals surface area contributed by atoms with Crippen molar-refractivity contribution >= 4 is 20.8 Å². The fourth-order valence-electron chi connectivity index (χ4n) is 0. The van der Waals surface area contributed by atoms with Gasteiger partial charge in [0, 0.05) is 0 Å². The Morgan fingerprint density at radius 3 is 0.786 bits per heavy atom. The van der Waals surface area contributed by atoms with E-state index < -0.39 is 20.8 Å². The molecule has 0 aliphatic rings. The molecule has 14 heavy (non-hydrogen) atoms. The molecular weight excluding hydrogens is 284 g/mol. The summed E-state index contributed by atoms with van der Waals surface area (Å²) in [4.78, 5) is 0. The molecule has 0 saturated heterocycles. The average Bonchev–Trinajstić information content (AvgIpc) is 1.59. The summed E-state index contributed by atoms with van der Waals surface area (Å²) < 4.78 is 73.9. The molecule has 0 radical (unpaired) electrons. The van der Waals surface area contributed by atoms with Crippen molar-refractivity contribution in [3.63, 3.8) is 0 Å². The first kappa shape index (κ1) is 29.2. The summed E-state index contributed by atoms with van der Waals surface area (Å²) in [6.45, 7) is 0. The van der Waals surface area contributed by atoms with E-state index in [1.807, 2.05) is 0 Å². The Morgan fingerprint density at radius 1 is 0.786 bits per heavy atom. The Balaban J connectivity index is -0.0000000292. The average molecular weight is 294 g/mol. The van der Waals surface area contributed by atoms with Crippen LogP contribution in [0.25, 0.3) is 0 Å². The van der Waals surface area contributed by atoms with Gasteiger partial charge in [0.2, 0.25) is 20.8 Å². The first-order chi connectivity index (χ1) is 5.00.